The van der Waals surface area contributed by atoms with E-state index in [0.717, 1.165) is 49.2 Å². The van der Waals surface area contributed by atoms with Crippen molar-refractivity contribution in [1.29, 1.82) is 0 Å². The topological polar surface area (TPSA) is 68.3 Å². The van der Waals surface area contributed by atoms with Crippen molar-refractivity contribution in [2.24, 2.45) is 4.99 Å². The zero-order valence-corrected chi connectivity index (χ0v) is 17.3. The predicted molar refractivity (Wildman–Crippen MR) is 111 cm³/mol. The van der Waals surface area contributed by atoms with E-state index in [4.69, 9.17) is 9.73 Å². The van der Waals surface area contributed by atoms with Gasteiger partial charge in [-0.3, -0.25) is 9.91 Å². The van der Waals surface area contributed by atoms with Gasteiger partial charge in [0.25, 0.3) is 0 Å². The third-order valence-electron chi connectivity index (χ3n) is 5.29. The highest BCUT2D eigenvalue weighted by molar-refractivity contribution is 6.00. The highest BCUT2D eigenvalue weighted by atomic mass is 19.4. The zero-order chi connectivity index (χ0) is 21.8. The van der Waals surface area contributed by atoms with Crippen molar-refractivity contribution in [1.82, 2.24) is 25.6 Å². The molecule has 0 saturated carbocycles. The Morgan fingerprint density at radius 1 is 1.26 bits per heavy atom. The molecule has 1 atom stereocenters. The lowest BCUT2D eigenvalue weighted by atomic mass is 10.1. The molecule has 1 fully saturated rings. The molecule has 1 aromatic rings. The lowest BCUT2D eigenvalue weighted by molar-refractivity contribution is -0.174. The van der Waals surface area contributed by atoms with Crippen molar-refractivity contribution in [3.63, 3.8) is 0 Å². The molecule has 0 bridgehead atoms. The number of hydrogen-bond acceptors (Lipinski definition) is 8. The van der Waals surface area contributed by atoms with Crippen molar-refractivity contribution in [3.8, 4) is 0 Å². The van der Waals surface area contributed by atoms with Crippen LogP contribution in [0.3, 0.4) is 0 Å². The number of aliphatic imine (C=N–C) groups is 1. The van der Waals surface area contributed by atoms with Crippen LogP contribution in [-0.4, -0.2) is 72.5 Å². The van der Waals surface area contributed by atoms with Crippen LogP contribution in [0.4, 0.5) is 19.0 Å². The van der Waals surface area contributed by atoms with E-state index in [2.05, 4.69) is 27.6 Å². The van der Waals surface area contributed by atoms with E-state index >= 15 is 0 Å². The second-order valence-corrected chi connectivity index (χ2v) is 7.45. The summed E-state index contributed by atoms with van der Waals surface area (Å²) in [4.78, 5) is 13.5. The molecule has 3 aliphatic heterocycles. The lowest BCUT2D eigenvalue weighted by Crippen LogP contribution is -2.57. The van der Waals surface area contributed by atoms with Gasteiger partial charge in [-0.1, -0.05) is 13.0 Å². The van der Waals surface area contributed by atoms with Gasteiger partial charge in [-0.2, -0.15) is 13.2 Å². The van der Waals surface area contributed by atoms with Crippen LogP contribution in [0.2, 0.25) is 0 Å². The first-order chi connectivity index (χ1) is 15.0. The Balaban J connectivity index is 1.54. The summed E-state index contributed by atoms with van der Waals surface area (Å²) in [5.41, 5.74) is 4.70. The van der Waals surface area contributed by atoms with Gasteiger partial charge in [-0.15, -0.1) is 0 Å². The van der Waals surface area contributed by atoms with Crippen LogP contribution in [0, 0.1) is 0 Å². The number of alkyl halides is 3. The molecule has 3 aliphatic rings. The number of rotatable bonds is 6. The first-order valence-electron chi connectivity index (χ1n) is 10.3. The van der Waals surface area contributed by atoms with E-state index in [1.165, 1.54) is 0 Å². The fourth-order valence-electron chi connectivity index (χ4n) is 3.76. The number of ether oxygens (including phenoxy) is 1. The van der Waals surface area contributed by atoms with Crippen LogP contribution in [0.5, 0.6) is 0 Å². The molecule has 0 amide bonds. The highest BCUT2D eigenvalue weighted by Gasteiger charge is 2.36. The molecule has 0 aliphatic carbocycles. The Bertz CT molecular complexity index is 856. The summed E-state index contributed by atoms with van der Waals surface area (Å²) in [6.07, 6.45) is 1.97. The van der Waals surface area contributed by atoms with Crippen LogP contribution in [-0.2, 0) is 4.74 Å². The molecular weight excluding hydrogens is 411 g/mol. The highest BCUT2D eigenvalue weighted by Crippen LogP contribution is 2.31. The Kier molecular flexibility index (Phi) is 6.33. The van der Waals surface area contributed by atoms with E-state index in [9.17, 15) is 13.2 Å². The standard InChI is InChI=1S/C20H26F3N7O/c1-2-15-13-28(8-7-24-15)19-26-11-16-17(30(19)18-5-3-4-6-25-18)12-27-29(16)9-10-31-14-20(21,22)23/h3-6,11-12,15,24,27H,2,7-10,13-14H2,1H3/t15-/m1/s1. The van der Waals surface area contributed by atoms with Gasteiger partial charge in [0.05, 0.1) is 25.0 Å². The fraction of sp³-hybridized carbons (Fsp3) is 0.500. The molecule has 0 radical (unpaired) electrons. The number of guanidine groups is 1. The SMILES string of the molecule is CC[C@@H]1CN(C2=NC=C3C(=CNN3CCOCC(F)(F)F)N2c2ccccn2)CCN1. The molecular formula is C20H26F3N7O. The molecule has 31 heavy (non-hydrogen) atoms. The molecule has 2 N–H and O–H groups in total. The Labute approximate surface area is 179 Å². The second kappa shape index (κ2) is 9.15. The van der Waals surface area contributed by atoms with Crippen LogP contribution in [0.15, 0.2) is 53.2 Å². The van der Waals surface area contributed by atoms with Crippen LogP contribution in [0.25, 0.3) is 0 Å². The van der Waals surface area contributed by atoms with Crippen molar-refractivity contribution >= 4 is 11.8 Å². The van der Waals surface area contributed by atoms with E-state index < -0.39 is 12.8 Å². The number of anilines is 1. The maximum atomic E-state index is 12.3. The normalized spacial score (nSPS) is 21.4. The summed E-state index contributed by atoms with van der Waals surface area (Å²) in [5.74, 6) is 1.51. The molecule has 11 heteroatoms. The van der Waals surface area contributed by atoms with Gasteiger partial charge < -0.3 is 20.4 Å². The maximum Gasteiger partial charge on any atom is 0.411 e. The molecule has 168 valence electrons. The summed E-state index contributed by atoms with van der Waals surface area (Å²) >= 11 is 0. The van der Waals surface area contributed by atoms with Crippen molar-refractivity contribution in [2.45, 2.75) is 25.6 Å². The van der Waals surface area contributed by atoms with Crippen LogP contribution in [0.1, 0.15) is 13.3 Å². The van der Waals surface area contributed by atoms with Gasteiger partial charge in [-0.25, -0.2) is 9.98 Å². The number of nitrogens with zero attached hydrogens (tertiary/aromatic N) is 5. The monoisotopic (exact) mass is 437 g/mol. The lowest BCUT2D eigenvalue weighted by Gasteiger charge is -2.40. The van der Waals surface area contributed by atoms with Gasteiger partial charge in [-0.05, 0) is 18.6 Å². The van der Waals surface area contributed by atoms with Gasteiger partial charge in [0, 0.05) is 38.1 Å². The third kappa shape index (κ3) is 4.93. The van der Waals surface area contributed by atoms with Gasteiger partial charge in [0.1, 0.15) is 18.1 Å². The average molecular weight is 437 g/mol. The van der Waals surface area contributed by atoms with Crippen molar-refractivity contribution in [3.05, 3.63) is 48.2 Å². The minimum Gasteiger partial charge on any atom is -0.370 e. The molecule has 0 unspecified atom stereocenters. The first-order valence-corrected chi connectivity index (χ1v) is 10.3. The smallest absolute Gasteiger partial charge is 0.370 e. The minimum absolute atomic E-state index is 0.0684. The molecule has 4 rings (SSSR count). The quantitative estimate of drug-likeness (QED) is 0.660. The van der Waals surface area contributed by atoms with Crippen LogP contribution < -0.4 is 15.6 Å². The maximum absolute atomic E-state index is 12.3. The molecule has 8 nitrogen and oxygen atoms in total. The Morgan fingerprint density at radius 2 is 2.13 bits per heavy atom. The summed E-state index contributed by atoms with van der Waals surface area (Å²) in [5, 5.41) is 5.24. The number of nitrogens with one attached hydrogen (secondary N) is 2. The molecule has 1 saturated heterocycles. The Morgan fingerprint density at radius 3 is 2.87 bits per heavy atom. The molecule has 0 spiro atoms. The summed E-state index contributed by atoms with van der Waals surface area (Å²) in [6.45, 7) is 3.58. The van der Waals surface area contributed by atoms with E-state index in [1.807, 2.05) is 29.3 Å². The number of hydrogen-bond donors (Lipinski definition) is 2. The second-order valence-electron chi connectivity index (χ2n) is 7.45. The molecule has 0 aromatic carbocycles. The first kappa shape index (κ1) is 21.4. The number of piperazine rings is 1. The number of hydrazine groups is 1. The number of pyridine rings is 1. The van der Waals surface area contributed by atoms with E-state index in [1.54, 1.807) is 17.4 Å². The molecule has 4 heterocycles. The van der Waals surface area contributed by atoms with E-state index in [0.29, 0.717) is 6.04 Å². The van der Waals surface area contributed by atoms with Gasteiger partial charge >= 0.3 is 6.18 Å². The average Bonchev–Trinajstić information content (AvgIpc) is 3.19. The zero-order valence-electron chi connectivity index (χ0n) is 17.3. The summed E-state index contributed by atoms with van der Waals surface area (Å²) < 4.78 is 41.7. The van der Waals surface area contributed by atoms with Crippen molar-refractivity contribution < 1.29 is 17.9 Å². The predicted octanol–water partition coefficient (Wildman–Crippen LogP) is 2.02. The minimum atomic E-state index is -4.33. The molecule has 1 aromatic heterocycles. The third-order valence-corrected chi connectivity index (χ3v) is 5.29. The fourth-order valence-corrected chi connectivity index (χ4v) is 3.76. The number of fused-ring (bicyclic) bond motifs is 1. The van der Waals surface area contributed by atoms with Gasteiger partial charge in [0.2, 0.25) is 5.96 Å². The summed E-state index contributed by atoms with van der Waals surface area (Å²) in [7, 11) is 0. The van der Waals surface area contributed by atoms with Crippen molar-refractivity contribution in [2.75, 3.05) is 44.3 Å². The summed E-state index contributed by atoms with van der Waals surface area (Å²) in [6, 6.07) is 6.06. The van der Waals surface area contributed by atoms with Crippen LogP contribution >= 0.6 is 0 Å². The van der Waals surface area contributed by atoms with Gasteiger partial charge in [0.15, 0.2) is 0 Å². The number of halogens is 3. The number of aromatic nitrogens is 1. The largest absolute Gasteiger partial charge is 0.411 e. The Hall–Kier alpha value is -2.79. The van der Waals surface area contributed by atoms with E-state index in [-0.39, 0.29) is 13.2 Å².